The number of carbonyl (C=O) groups is 3. The van der Waals surface area contributed by atoms with Crippen molar-refractivity contribution < 1.29 is 39.9 Å². The number of likely N-dealkylation sites (N-methyl/N-ethyl adjacent to an activating group) is 1. The summed E-state index contributed by atoms with van der Waals surface area (Å²) in [6.45, 7) is 3.92. The smallest absolute Gasteiger partial charge is 0.255 e. The minimum absolute atomic E-state index is 0.0282. The number of nitrogens with two attached hydrogens (primary N) is 1. The van der Waals surface area contributed by atoms with E-state index in [1.54, 1.807) is 19.1 Å². The average Bonchev–Trinajstić information content (AvgIpc) is 2.87. The molecule has 1 saturated heterocycles. The van der Waals surface area contributed by atoms with Gasteiger partial charge in [-0.15, -0.1) is 0 Å². The van der Waals surface area contributed by atoms with Gasteiger partial charge in [0, 0.05) is 23.6 Å². The highest BCUT2D eigenvalue weighted by molar-refractivity contribution is 6.24. The second-order valence-electron chi connectivity index (χ2n) is 11.4. The van der Waals surface area contributed by atoms with Crippen LogP contribution in [-0.4, -0.2) is 97.7 Å². The molecule has 2 fully saturated rings. The van der Waals surface area contributed by atoms with Crippen molar-refractivity contribution in [1.29, 1.82) is 0 Å². The van der Waals surface area contributed by atoms with Crippen LogP contribution in [0.5, 0.6) is 5.75 Å². The van der Waals surface area contributed by atoms with Gasteiger partial charge in [-0.05, 0) is 51.5 Å². The summed E-state index contributed by atoms with van der Waals surface area (Å²) in [5.41, 5.74) is 2.22. The predicted octanol–water partition coefficient (Wildman–Crippen LogP) is 0.482. The van der Waals surface area contributed by atoms with E-state index in [1.165, 1.54) is 19.0 Å². The molecule has 1 aliphatic heterocycles. The zero-order valence-corrected chi connectivity index (χ0v) is 22.2. The zero-order valence-electron chi connectivity index (χ0n) is 22.2. The maximum Gasteiger partial charge on any atom is 0.255 e. The number of benzene rings is 1. The van der Waals surface area contributed by atoms with E-state index in [9.17, 15) is 39.9 Å². The van der Waals surface area contributed by atoms with Crippen LogP contribution in [0.15, 0.2) is 29.0 Å². The molecule has 210 valence electrons. The summed E-state index contributed by atoms with van der Waals surface area (Å²) in [4.78, 5) is 43.0. The number of likely N-dealkylation sites (tertiary alicyclic amines) is 1. The molecule has 1 aromatic rings. The van der Waals surface area contributed by atoms with Crippen LogP contribution in [-0.2, 0) is 20.9 Å². The maximum atomic E-state index is 14.0. The van der Waals surface area contributed by atoms with E-state index < -0.39 is 70.1 Å². The minimum Gasteiger partial charge on any atom is -0.508 e. The van der Waals surface area contributed by atoms with Gasteiger partial charge in [0.1, 0.15) is 22.8 Å². The lowest BCUT2D eigenvalue weighted by Crippen LogP contribution is -2.70. The molecule has 7 N–H and O–H groups in total. The Morgan fingerprint density at radius 1 is 1.13 bits per heavy atom. The molecule has 5 rings (SSSR count). The molecular formula is C28H35N3O8. The summed E-state index contributed by atoms with van der Waals surface area (Å²) < 4.78 is 0. The lowest BCUT2D eigenvalue weighted by Gasteiger charge is -2.53. The Balaban J connectivity index is 1.69. The van der Waals surface area contributed by atoms with Gasteiger partial charge in [0.2, 0.25) is 5.78 Å². The monoisotopic (exact) mass is 541 g/mol. The van der Waals surface area contributed by atoms with E-state index in [-0.39, 0.29) is 16.9 Å². The van der Waals surface area contributed by atoms with Gasteiger partial charge < -0.3 is 31.3 Å². The number of carbonyl (C=O) groups excluding carboxylic acids is 3. The Bertz CT molecular complexity index is 1330. The highest BCUT2D eigenvalue weighted by Gasteiger charge is 2.68. The largest absolute Gasteiger partial charge is 0.508 e. The van der Waals surface area contributed by atoms with Gasteiger partial charge in [0.15, 0.2) is 11.4 Å². The van der Waals surface area contributed by atoms with Gasteiger partial charge in [-0.25, -0.2) is 0 Å². The van der Waals surface area contributed by atoms with Gasteiger partial charge >= 0.3 is 0 Å². The molecule has 1 heterocycles. The van der Waals surface area contributed by atoms with Crippen molar-refractivity contribution in [2.45, 2.75) is 56.4 Å². The summed E-state index contributed by atoms with van der Waals surface area (Å²) in [7, 11) is 2.96. The van der Waals surface area contributed by atoms with Crippen LogP contribution in [0, 0.1) is 11.8 Å². The predicted molar refractivity (Wildman–Crippen MR) is 139 cm³/mol. The number of aliphatic hydroxyl groups is 4. The summed E-state index contributed by atoms with van der Waals surface area (Å²) in [5.74, 6) is -8.73. The van der Waals surface area contributed by atoms with E-state index in [0.717, 1.165) is 32.4 Å². The third kappa shape index (κ3) is 3.75. The molecule has 4 aliphatic rings. The molecule has 0 aromatic heterocycles. The van der Waals surface area contributed by atoms with Gasteiger partial charge in [-0.1, -0.05) is 25.5 Å². The number of nitrogens with zero attached hydrogens (tertiary/aromatic N) is 2. The van der Waals surface area contributed by atoms with Crippen molar-refractivity contribution in [2.24, 2.45) is 17.6 Å². The minimum atomic E-state index is -2.91. The highest BCUT2D eigenvalue weighted by atomic mass is 16.4. The van der Waals surface area contributed by atoms with Gasteiger partial charge in [-0.3, -0.25) is 24.2 Å². The van der Waals surface area contributed by atoms with Crippen molar-refractivity contribution in [2.75, 3.05) is 27.2 Å². The third-order valence-electron chi connectivity index (χ3n) is 9.06. The molecule has 1 amide bonds. The standard InChI is InChI=1S/C28H35N3O8/c1-12-14-8-7-13(11-31-9-5-4-6-10-31)21(32)16(14)22(33)17-15(12)23(34)19-20(30(2)3)24(35)18(27(29)38)26(37)28(19,39)25(17)36/h7-8,12,15,19-20,23,32-34,37,39H,4-6,9-11H2,1-3H3,(H2,29,38)/t12-,15?,19?,20-,23-,28-/m0/s1. The van der Waals surface area contributed by atoms with E-state index in [0.29, 0.717) is 17.7 Å². The lowest BCUT2D eigenvalue weighted by molar-refractivity contribution is -0.169. The number of rotatable bonds is 4. The normalized spacial score (nSPS) is 33.2. The Morgan fingerprint density at radius 2 is 1.77 bits per heavy atom. The van der Waals surface area contributed by atoms with E-state index in [1.807, 2.05) is 0 Å². The fourth-order valence-electron chi connectivity index (χ4n) is 7.15. The first-order valence-corrected chi connectivity index (χ1v) is 13.2. The first-order chi connectivity index (χ1) is 18.3. The van der Waals surface area contributed by atoms with Crippen LogP contribution in [0.2, 0.25) is 0 Å². The van der Waals surface area contributed by atoms with Crippen LogP contribution >= 0.6 is 0 Å². The quantitative estimate of drug-likeness (QED) is 0.293. The first-order valence-electron chi connectivity index (χ1n) is 13.2. The fourth-order valence-corrected chi connectivity index (χ4v) is 7.15. The molecule has 39 heavy (non-hydrogen) atoms. The number of phenols is 1. The Labute approximate surface area is 225 Å². The SMILES string of the molecule is C[C@H]1c2ccc(CN3CCCCC3)c(O)c2C(O)=C2C(=O)[C@]3(O)C(O)=C(C(N)=O)C(=O)[C@@H](N(C)C)C3[C@@H](O)C21. The van der Waals surface area contributed by atoms with Gasteiger partial charge in [0.25, 0.3) is 5.91 Å². The molecule has 0 spiro atoms. The van der Waals surface area contributed by atoms with E-state index in [4.69, 9.17) is 5.73 Å². The summed E-state index contributed by atoms with van der Waals surface area (Å²) in [6, 6.07) is 2.15. The molecule has 0 bridgehead atoms. The van der Waals surface area contributed by atoms with Crippen molar-refractivity contribution in [3.63, 3.8) is 0 Å². The lowest BCUT2D eigenvalue weighted by atomic mass is 9.54. The molecule has 6 atom stereocenters. The van der Waals surface area contributed by atoms with E-state index >= 15 is 0 Å². The Kier molecular flexibility index (Phi) is 6.61. The second kappa shape index (κ2) is 9.44. The topological polar surface area (TPSA) is 185 Å². The summed E-state index contributed by atoms with van der Waals surface area (Å²) in [5, 5.41) is 57.1. The molecule has 1 aromatic carbocycles. The van der Waals surface area contributed by atoms with Gasteiger partial charge in [-0.2, -0.15) is 0 Å². The van der Waals surface area contributed by atoms with Crippen LogP contribution < -0.4 is 5.73 Å². The van der Waals surface area contributed by atoms with Crippen molar-refractivity contribution in [3.8, 4) is 5.75 Å². The third-order valence-corrected chi connectivity index (χ3v) is 9.06. The van der Waals surface area contributed by atoms with Crippen molar-refractivity contribution >= 4 is 23.2 Å². The highest BCUT2D eigenvalue weighted by Crippen LogP contribution is 2.56. The Morgan fingerprint density at radius 3 is 2.36 bits per heavy atom. The molecule has 3 aliphatic carbocycles. The summed E-state index contributed by atoms with van der Waals surface area (Å²) >= 11 is 0. The number of piperidine rings is 1. The van der Waals surface area contributed by atoms with Crippen LogP contribution in [0.4, 0.5) is 0 Å². The number of Topliss-reactive ketones (excluding diaryl/α,β-unsaturated/α-hetero) is 2. The second-order valence-corrected chi connectivity index (χ2v) is 11.4. The average molecular weight is 542 g/mol. The first kappa shape index (κ1) is 27.3. The number of primary amides is 1. The summed E-state index contributed by atoms with van der Waals surface area (Å²) in [6.07, 6.45) is 1.64. The van der Waals surface area contributed by atoms with Crippen LogP contribution in [0.1, 0.15) is 48.8 Å². The fraction of sp³-hybridized carbons (Fsp3) is 0.536. The number of fused-ring (bicyclic) bond motifs is 3. The number of ketones is 2. The van der Waals surface area contributed by atoms with Gasteiger partial charge in [0.05, 0.1) is 23.6 Å². The number of aliphatic hydroxyl groups excluding tert-OH is 3. The molecule has 1 saturated carbocycles. The number of amides is 1. The number of phenolic OH excluding ortho intramolecular Hbond substituents is 1. The zero-order chi connectivity index (χ0) is 28.5. The van der Waals surface area contributed by atoms with Crippen molar-refractivity contribution in [3.05, 3.63) is 45.7 Å². The van der Waals surface area contributed by atoms with E-state index in [2.05, 4.69) is 4.90 Å². The van der Waals surface area contributed by atoms with Crippen LogP contribution in [0.25, 0.3) is 5.76 Å². The molecule has 11 heteroatoms. The number of aromatic hydroxyl groups is 1. The molecule has 2 unspecified atom stereocenters. The maximum absolute atomic E-state index is 14.0. The molecular weight excluding hydrogens is 506 g/mol. The van der Waals surface area contributed by atoms with Crippen LogP contribution in [0.3, 0.4) is 0 Å². The number of hydrogen-bond donors (Lipinski definition) is 6. The molecule has 11 nitrogen and oxygen atoms in total. The number of hydrogen-bond acceptors (Lipinski definition) is 10. The van der Waals surface area contributed by atoms with Crippen molar-refractivity contribution in [1.82, 2.24) is 9.80 Å². The molecule has 0 radical (unpaired) electrons. The Hall–Kier alpha value is -3.25.